The third kappa shape index (κ3) is 7.44. The molecule has 66 valence electrons. The predicted octanol–water partition coefficient (Wildman–Crippen LogP) is 1.95. The van der Waals surface area contributed by atoms with E-state index in [0.29, 0.717) is 0 Å². The topological polar surface area (TPSA) is 26.3 Å². The molecule has 2 nitrogen and oxygen atoms in total. The van der Waals surface area contributed by atoms with Crippen LogP contribution in [0.5, 0.6) is 0 Å². The van der Waals surface area contributed by atoms with Crippen LogP contribution < -0.4 is 0 Å². The van der Waals surface area contributed by atoms with Gasteiger partial charge in [-0.3, -0.25) is 13.0 Å². The van der Waals surface area contributed by atoms with E-state index in [0.717, 1.165) is 6.55 Å². The third-order valence-corrected chi connectivity index (χ3v) is 2.17. The highest BCUT2D eigenvalue weighted by atomic mass is 28.4. The van der Waals surface area contributed by atoms with Crippen LogP contribution in [0.2, 0.25) is 12.6 Å². The molecule has 0 aromatic carbocycles. The van der Waals surface area contributed by atoms with E-state index < -0.39 is 14.7 Å². The Morgan fingerprint density at radius 3 is 2.45 bits per heavy atom. The molecular formula is C6H12F2O2Si. The molecule has 0 heterocycles. The fourth-order valence-electron chi connectivity index (χ4n) is 0.446. The first-order valence-corrected chi connectivity index (χ1v) is 5.95. The lowest BCUT2D eigenvalue weighted by atomic mass is 10.5. The molecule has 0 fully saturated rings. The molecule has 0 aliphatic carbocycles. The van der Waals surface area contributed by atoms with E-state index in [9.17, 15) is 13.0 Å². The fourth-order valence-corrected chi connectivity index (χ4v) is 0.907. The average Bonchev–Trinajstić information content (AvgIpc) is 1.85. The zero-order valence-electron chi connectivity index (χ0n) is 6.69. The molecule has 0 aliphatic heterocycles. The van der Waals surface area contributed by atoms with Crippen LogP contribution in [-0.4, -0.2) is 21.3 Å². The first kappa shape index (κ1) is 10.5. The van der Waals surface area contributed by atoms with Crippen molar-refractivity contribution in [2.45, 2.75) is 25.9 Å². The van der Waals surface area contributed by atoms with E-state index in [1.165, 1.54) is 0 Å². The van der Waals surface area contributed by atoms with Crippen molar-refractivity contribution in [3.05, 3.63) is 0 Å². The van der Waals surface area contributed by atoms with Gasteiger partial charge in [-0.1, -0.05) is 6.92 Å². The standard InChI is InChI=1S/C6H12F2O2Si/c1-3-6(9)10-4-5-11(2,7)8/h3-5H2,1-2H3. The Hall–Kier alpha value is -0.453. The molecule has 0 rings (SSSR count). The van der Waals surface area contributed by atoms with Crippen molar-refractivity contribution in [3.8, 4) is 0 Å². The summed E-state index contributed by atoms with van der Waals surface area (Å²) in [7, 11) is -4.01. The van der Waals surface area contributed by atoms with Crippen molar-refractivity contribution in [1.82, 2.24) is 0 Å². The summed E-state index contributed by atoms with van der Waals surface area (Å²) in [6.45, 7) is 2.43. The second kappa shape index (κ2) is 4.43. The molecule has 0 spiro atoms. The second-order valence-electron chi connectivity index (χ2n) is 2.39. The summed E-state index contributed by atoms with van der Waals surface area (Å²) in [5.74, 6) is -0.414. The summed E-state index contributed by atoms with van der Waals surface area (Å²) in [5.41, 5.74) is 0. The second-order valence-corrected chi connectivity index (χ2v) is 5.03. The minimum absolute atomic E-state index is 0.137. The number of carbonyl (C=O) groups is 1. The number of hydrogen-bond donors (Lipinski definition) is 0. The van der Waals surface area contributed by atoms with Crippen molar-refractivity contribution in [2.24, 2.45) is 0 Å². The van der Waals surface area contributed by atoms with Crippen LogP contribution >= 0.6 is 0 Å². The average molecular weight is 182 g/mol. The van der Waals surface area contributed by atoms with Gasteiger partial charge in [0.05, 0.1) is 6.61 Å². The van der Waals surface area contributed by atoms with Gasteiger partial charge >= 0.3 is 14.7 Å². The lowest BCUT2D eigenvalue weighted by molar-refractivity contribution is -0.142. The normalized spacial score (nSPS) is 11.3. The molecule has 0 bridgehead atoms. The first-order chi connectivity index (χ1) is 4.95. The summed E-state index contributed by atoms with van der Waals surface area (Å²) in [4.78, 5) is 10.4. The molecule has 0 radical (unpaired) electrons. The van der Waals surface area contributed by atoms with Gasteiger partial charge in [0.1, 0.15) is 0 Å². The van der Waals surface area contributed by atoms with E-state index in [1.54, 1.807) is 6.92 Å². The molecule has 0 aliphatic rings. The van der Waals surface area contributed by atoms with Gasteiger partial charge in [-0.2, -0.15) is 0 Å². The highest BCUT2D eigenvalue weighted by molar-refractivity contribution is 6.64. The van der Waals surface area contributed by atoms with Crippen LogP contribution in [0, 0.1) is 0 Å². The predicted molar refractivity (Wildman–Crippen MR) is 39.9 cm³/mol. The van der Waals surface area contributed by atoms with Gasteiger partial charge in [0.25, 0.3) is 0 Å². The van der Waals surface area contributed by atoms with E-state index in [4.69, 9.17) is 0 Å². The Morgan fingerprint density at radius 2 is 2.09 bits per heavy atom. The highest BCUT2D eigenvalue weighted by Gasteiger charge is 2.27. The largest absolute Gasteiger partial charge is 0.466 e. The molecule has 0 aromatic rings. The van der Waals surface area contributed by atoms with Gasteiger partial charge in [0.15, 0.2) is 0 Å². The van der Waals surface area contributed by atoms with Gasteiger partial charge in [0, 0.05) is 12.5 Å². The summed E-state index contributed by atoms with van der Waals surface area (Å²) < 4.78 is 28.9. The van der Waals surface area contributed by atoms with Crippen molar-refractivity contribution in [3.63, 3.8) is 0 Å². The lowest BCUT2D eigenvalue weighted by Crippen LogP contribution is -2.19. The van der Waals surface area contributed by atoms with Gasteiger partial charge < -0.3 is 4.74 Å². The van der Waals surface area contributed by atoms with Gasteiger partial charge in [-0.05, 0) is 6.55 Å². The Morgan fingerprint density at radius 1 is 1.55 bits per heavy atom. The van der Waals surface area contributed by atoms with E-state index in [-0.39, 0.29) is 19.1 Å². The smallest absolute Gasteiger partial charge is 0.425 e. The fraction of sp³-hybridized carbons (Fsp3) is 0.833. The van der Waals surface area contributed by atoms with Crippen LogP contribution in [0.25, 0.3) is 0 Å². The maximum atomic E-state index is 12.2. The highest BCUT2D eigenvalue weighted by Crippen LogP contribution is 2.11. The van der Waals surface area contributed by atoms with Gasteiger partial charge in [-0.25, -0.2) is 0 Å². The van der Waals surface area contributed by atoms with Crippen molar-refractivity contribution >= 4 is 14.7 Å². The number of rotatable bonds is 4. The Bertz CT molecular complexity index is 133. The lowest BCUT2D eigenvalue weighted by Gasteiger charge is -2.06. The summed E-state index contributed by atoms with van der Waals surface area (Å²) in [6.07, 6.45) is 0.247. The number of halogens is 2. The quantitative estimate of drug-likeness (QED) is 0.377. The Balaban J connectivity index is 3.35. The van der Waals surface area contributed by atoms with Crippen LogP contribution in [0.4, 0.5) is 8.22 Å². The Labute approximate surface area is 65.9 Å². The van der Waals surface area contributed by atoms with E-state index in [2.05, 4.69) is 4.74 Å². The zero-order valence-corrected chi connectivity index (χ0v) is 7.69. The number of ether oxygens (including phenoxy) is 1. The van der Waals surface area contributed by atoms with Crippen molar-refractivity contribution < 1.29 is 17.7 Å². The summed E-state index contributed by atoms with van der Waals surface area (Å²) >= 11 is 0. The molecular weight excluding hydrogens is 170 g/mol. The SMILES string of the molecule is CCC(=O)OCC[Si](C)(F)F. The summed E-state index contributed by atoms with van der Waals surface area (Å²) in [5, 5.41) is 0. The molecule has 5 heteroatoms. The Kier molecular flexibility index (Phi) is 4.25. The molecule has 0 saturated heterocycles. The molecule has 0 saturated carbocycles. The minimum Gasteiger partial charge on any atom is -0.466 e. The monoisotopic (exact) mass is 182 g/mol. The third-order valence-electron chi connectivity index (χ3n) is 1.09. The van der Waals surface area contributed by atoms with Gasteiger partial charge in [-0.15, -0.1) is 0 Å². The maximum absolute atomic E-state index is 12.2. The van der Waals surface area contributed by atoms with Crippen LogP contribution in [-0.2, 0) is 9.53 Å². The molecule has 0 aromatic heterocycles. The zero-order chi connectivity index (χ0) is 8.91. The first-order valence-electron chi connectivity index (χ1n) is 3.49. The number of esters is 1. The van der Waals surface area contributed by atoms with Crippen LogP contribution in [0.1, 0.15) is 13.3 Å². The molecule has 0 atom stereocenters. The number of carbonyl (C=O) groups excluding carboxylic acids is 1. The van der Waals surface area contributed by atoms with E-state index in [1.807, 2.05) is 0 Å². The molecule has 0 unspecified atom stereocenters. The molecule has 0 amide bonds. The molecule has 11 heavy (non-hydrogen) atoms. The van der Waals surface area contributed by atoms with Gasteiger partial charge in [0.2, 0.25) is 0 Å². The van der Waals surface area contributed by atoms with Crippen LogP contribution in [0.3, 0.4) is 0 Å². The summed E-state index contributed by atoms with van der Waals surface area (Å²) in [6, 6.07) is -0.265. The van der Waals surface area contributed by atoms with Crippen LogP contribution in [0.15, 0.2) is 0 Å². The minimum atomic E-state index is -4.01. The number of hydrogen-bond acceptors (Lipinski definition) is 2. The van der Waals surface area contributed by atoms with Crippen molar-refractivity contribution in [2.75, 3.05) is 6.61 Å². The maximum Gasteiger partial charge on any atom is 0.425 e. The van der Waals surface area contributed by atoms with E-state index >= 15 is 0 Å². The molecule has 0 N–H and O–H groups in total. The van der Waals surface area contributed by atoms with Crippen molar-refractivity contribution in [1.29, 1.82) is 0 Å².